The first-order valence-electron chi connectivity index (χ1n) is 4.49. The number of thiophene rings is 1. The third-order valence-corrected chi connectivity index (χ3v) is 3.48. The van der Waals surface area contributed by atoms with E-state index in [4.69, 9.17) is 0 Å². The van der Waals surface area contributed by atoms with Gasteiger partial charge in [0.2, 0.25) is 0 Å². The average molecular weight is 267 g/mol. The smallest absolute Gasteiger partial charge is 0.0349 e. The Morgan fingerprint density at radius 1 is 1.29 bits per heavy atom. The van der Waals surface area contributed by atoms with Crippen molar-refractivity contribution in [3.05, 3.63) is 39.2 Å². The Balaban J connectivity index is 2.57. The van der Waals surface area contributed by atoms with E-state index in [-0.39, 0.29) is 0 Å². The minimum atomic E-state index is 1.14. The molecule has 0 fully saturated rings. The van der Waals surface area contributed by atoms with E-state index in [0.29, 0.717) is 0 Å². The molecule has 1 aromatic carbocycles. The molecule has 14 heavy (non-hydrogen) atoms. The zero-order valence-electron chi connectivity index (χ0n) is 8.17. The highest BCUT2D eigenvalue weighted by molar-refractivity contribution is 9.10. The van der Waals surface area contributed by atoms with Crippen molar-refractivity contribution in [3.63, 3.8) is 0 Å². The number of allylic oxidation sites excluding steroid dienone is 1. The predicted octanol–water partition coefficient (Wildman–Crippen LogP) is 5.09. The second kappa shape index (κ2) is 3.87. The Morgan fingerprint density at radius 2 is 2.07 bits per heavy atom. The van der Waals surface area contributed by atoms with Gasteiger partial charge in [-0.2, -0.15) is 0 Å². The van der Waals surface area contributed by atoms with Gasteiger partial charge in [-0.15, -0.1) is 11.3 Å². The van der Waals surface area contributed by atoms with Gasteiger partial charge in [-0.25, -0.2) is 0 Å². The van der Waals surface area contributed by atoms with E-state index >= 15 is 0 Å². The summed E-state index contributed by atoms with van der Waals surface area (Å²) in [6.07, 6.45) is 2.22. The van der Waals surface area contributed by atoms with Crippen LogP contribution in [0.25, 0.3) is 16.2 Å². The van der Waals surface area contributed by atoms with Crippen molar-refractivity contribution in [1.29, 1.82) is 0 Å². The lowest BCUT2D eigenvalue weighted by Crippen LogP contribution is -1.63. The van der Waals surface area contributed by atoms with E-state index in [9.17, 15) is 0 Å². The summed E-state index contributed by atoms with van der Waals surface area (Å²) >= 11 is 5.32. The number of hydrogen-bond acceptors (Lipinski definition) is 1. The molecule has 2 heteroatoms. The first-order chi connectivity index (χ1) is 6.65. The molecule has 0 saturated carbocycles. The van der Waals surface area contributed by atoms with Crippen LogP contribution in [0.15, 0.2) is 34.3 Å². The molecule has 2 rings (SSSR count). The van der Waals surface area contributed by atoms with Gasteiger partial charge >= 0.3 is 0 Å². The van der Waals surface area contributed by atoms with Gasteiger partial charge in [0.1, 0.15) is 0 Å². The third kappa shape index (κ3) is 2.07. The van der Waals surface area contributed by atoms with Gasteiger partial charge < -0.3 is 0 Å². The molecule has 0 radical (unpaired) electrons. The summed E-state index contributed by atoms with van der Waals surface area (Å²) in [5, 5.41) is 1.32. The fourth-order valence-corrected chi connectivity index (χ4v) is 2.88. The number of hydrogen-bond donors (Lipinski definition) is 0. The molecule has 0 amide bonds. The number of halogens is 1. The highest BCUT2D eigenvalue weighted by Crippen LogP contribution is 2.29. The molecule has 2 aromatic rings. The Hall–Kier alpha value is -0.600. The molecule has 0 aliphatic heterocycles. The molecule has 0 bridgehead atoms. The lowest BCUT2D eigenvalue weighted by molar-refractivity contribution is 1.43. The summed E-state index contributed by atoms with van der Waals surface area (Å²) < 4.78 is 2.49. The van der Waals surface area contributed by atoms with E-state index in [1.54, 1.807) is 0 Å². The zero-order valence-corrected chi connectivity index (χ0v) is 10.6. The summed E-state index contributed by atoms with van der Waals surface area (Å²) in [5.41, 5.74) is 1.34. The monoisotopic (exact) mass is 266 g/mol. The van der Waals surface area contributed by atoms with Gasteiger partial charge in [0.05, 0.1) is 0 Å². The fraction of sp³-hybridized carbons (Fsp3) is 0.167. The maximum atomic E-state index is 3.48. The van der Waals surface area contributed by atoms with Crippen molar-refractivity contribution in [2.75, 3.05) is 0 Å². The summed E-state index contributed by atoms with van der Waals surface area (Å²) in [6, 6.07) is 8.64. The standard InChI is InChI=1S/C12H11BrS/c1-8(2)5-11-7-9-6-10(13)3-4-12(9)14-11/h3-7H,1-2H3. The van der Waals surface area contributed by atoms with Gasteiger partial charge in [0.25, 0.3) is 0 Å². The third-order valence-electron chi connectivity index (χ3n) is 1.93. The van der Waals surface area contributed by atoms with Crippen LogP contribution < -0.4 is 0 Å². The van der Waals surface area contributed by atoms with Gasteiger partial charge in [0, 0.05) is 14.0 Å². The summed E-state index contributed by atoms with van der Waals surface area (Å²) in [7, 11) is 0. The normalized spacial score (nSPS) is 10.5. The second-order valence-electron chi connectivity index (χ2n) is 3.55. The predicted molar refractivity (Wildman–Crippen MR) is 68.9 cm³/mol. The minimum absolute atomic E-state index is 1.14. The molecule has 0 unspecified atom stereocenters. The van der Waals surface area contributed by atoms with Crippen molar-refractivity contribution < 1.29 is 0 Å². The van der Waals surface area contributed by atoms with Crippen LogP contribution in [0.3, 0.4) is 0 Å². The highest BCUT2D eigenvalue weighted by Gasteiger charge is 1.99. The first-order valence-corrected chi connectivity index (χ1v) is 6.10. The van der Waals surface area contributed by atoms with Crippen molar-refractivity contribution in [2.45, 2.75) is 13.8 Å². The van der Waals surface area contributed by atoms with Crippen LogP contribution in [0.1, 0.15) is 18.7 Å². The molecule has 72 valence electrons. The van der Waals surface area contributed by atoms with Crippen LogP contribution in [0.2, 0.25) is 0 Å². The van der Waals surface area contributed by atoms with Crippen molar-refractivity contribution in [2.24, 2.45) is 0 Å². The maximum absolute atomic E-state index is 3.48. The summed E-state index contributed by atoms with van der Waals surface area (Å²) in [4.78, 5) is 1.33. The molecule has 1 heterocycles. The van der Waals surface area contributed by atoms with E-state index in [1.807, 2.05) is 11.3 Å². The van der Waals surface area contributed by atoms with Crippen LogP contribution in [0.5, 0.6) is 0 Å². The maximum Gasteiger partial charge on any atom is 0.0349 e. The van der Waals surface area contributed by atoms with Crippen molar-refractivity contribution >= 4 is 43.4 Å². The lowest BCUT2D eigenvalue weighted by Gasteiger charge is -1.88. The number of fused-ring (bicyclic) bond motifs is 1. The molecule has 0 atom stereocenters. The summed E-state index contributed by atoms with van der Waals surface area (Å²) in [5.74, 6) is 0. The number of rotatable bonds is 1. The second-order valence-corrected chi connectivity index (χ2v) is 5.58. The SMILES string of the molecule is CC(C)=Cc1cc2cc(Br)ccc2s1. The van der Waals surface area contributed by atoms with E-state index in [2.05, 4.69) is 60.1 Å². The van der Waals surface area contributed by atoms with Gasteiger partial charge in [0.15, 0.2) is 0 Å². The summed E-state index contributed by atoms with van der Waals surface area (Å²) in [6.45, 7) is 4.25. The molecular weight excluding hydrogens is 256 g/mol. The minimum Gasteiger partial charge on any atom is -0.136 e. The molecule has 0 N–H and O–H groups in total. The molecule has 1 aromatic heterocycles. The molecule has 0 spiro atoms. The Labute approximate surface area is 96.4 Å². The zero-order chi connectivity index (χ0) is 10.1. The van der Waals surface area contributed by atoms with Crippen LogP contribution in [0, 0.1) is 0 Å². The fourth-order valence-electron chi connectivity index (χ4n) is 1.39. The Bertz CT molecular complexity index is 490. The van der Waals surface area contributed by atoms with Crippen molar-refractivity contribution in [1.82, 2.24) is 0 Å². The lowest BCUT2D eigenvalue weighted by atomic mass is 10.2. The average Bonchev–Trinajstić information content (AvgIpc) is 2.44. The van der Waals surface area contributed by atoms with Gasteiger partial charge in [-0.3, -0.25) is 0 Å². The Kier molecular flexibility index (Phi) is 2.75. The molecular formula is C12H11BrS. The molecule has 0 aliphatic carbocycles. The van der Waals surface area contributed by atoms with Crippen LogP contribution >= 0.6 is 27.3 Å². The highest BCUT2D eigenvalue weighted by atomic mass is 79.9. The molecule has 0 saturated heterocycles. The van der Waals surface area contributed by atoms with Crippen molar-refractivity contribution in [3.8, 4) is 0 Å². The van der Waals surface area contributed by atoms with Crippen LogP contribution in [0.4, 0.5) is 0 Å². The Morgan fingerprint density at radius 3 is 2.79 bits per heavy atom. The van der Waals surface area contributed by atoms with Gasteiger partial charge in [-0.1, -0.05) is 21.5 Å². The van der Waals surface area contributed by atoms with E-state index in [1.165, 1.54) is 20.5 Å². The van der Waals surface area contributed by atoms with E-state index < -0.39 is 0 Å². The molecule has 0 aliphatic rings. The topological polar surface area (TPSA) is 0 Å². The molecule has 0 nitrogen and oxygen atoms in total. The largest absolute Gasteiger partial charge is 0.136 e. The van der Waals surface area contributed by atoms with Crippen LogP contribution in [-0.4, -0.2) is 0 Å². The quantitative estimate of drug-likeness (QED) is 0.675. The van der Waals surface area contributed by atoms with Gasteiger partial charge in [-0.05, 0) is 49.6 Å². The first kappa shape index (κ1) is 9.94. The van der Waals surface area contributed by atoms with E-state index in [0.717, 1.165) is 4.47 Å². The number of benzene rings is 1. The van der Waals surface area contributed by atoms with Crippen LogP contribution in [-0.2, 0) is 0 Å².